The van der Waals surface area contributed by atoms with Crippen LogP contribution in [-0.2, 0) is 11.3 Å². The largest absolute Gasteiger partial charge is 0.356 e. The van der Waals surface area contributed by atoms with Crippen LogP contribution in [0.1, 0.15) is 50.6 Å². The number of piperidine rings is 1. The van der Waals surface area contributed by atoms with Crippen molar-refractivity contribution in [3.8, 4) is 0 Å². The lowest BCUT2D eigenvalue weighted by Gasteiger charge is -2.32. The quantitative estimate of drug-likeness (QED) is 0.908. The monoisotopic (exact) mass is 315 g/mol. The summed E-state index contributed by atoms with van der Waals surface area (Å²) in [6.45, 7) is 4.04. The fourth-order valence-corrected chi connectivity index (χ4v) is 3.82. The fraction of sp³-hybridized carbons (Fsp3) is 0.684. The van der Waals surface area contributed by atoms with Crippen LogP contribution >= 0.6 is 0 Å². The number of rotatable bonds is 5. The van der Waals surface area contributed by atoms with Crippen molar-refractivity contribution in [1.82, 2.24) is 15.2 Å². The van der Waals surface area contributed by atoms with E-state index in [0.29, 0.717) is 11.8 Å². The SMILES string of the molecule is O=C(NCC1CCN(Cc2ccccn2)CC1)C1CCCCC1. The fourth-order valence-electron chi connectivity index (χ4n) is 3.82. The highest BCUT2D eigenvalue weighted by Gasteiger charge is 2.23. The molecule has 1 N–H and O–H groups in total. The van der Waals surface area contributed by atoms with Gasteiger partial charge in [-0.1, -0.05) is 25.3 Å². The first kappa shape index (κ1) is 16.4. The third-order valence-electron chi connectivity index (χ3n) is 5.36. The summed E-state index contributed by atoms with van der Waals surface area (Å²) in [4.78, 5) is 19.1. The number of likely N-dealkylation sites (tertiary alicyclic amines) is 1. The molecule has 1 amide bonds. The van der Waals surface area contributed by atoms with Crippen molar-refractivity contribution >= 4 is 5.91 Å². The van der Waals surface area contributed by atoms with E-state index in [0.717, 1.165) is 44.7 Å². The average molecular weight is 315 g/mol. The molecule has 1 saturated heterocycles. The number of nitrogens with one attached hydrogen (secondary N) is 1. The van der Waals surface area contributed by atoms with E-state index in [1.807, 2.05) is 12.3 Å². The van der Waals surface area contributed by atoms with E-state index >= 15 is 0 Å². The highest BCUT2D eigenvalue weighted by atomic mass is 16.1. The van der Waals surface area contributed by atoms with Crippen LogP contribution in [0.25, 0.3) is 0 Å². The number of nitrogens with zero attached hydrogens (tertiary/aromatic N) is 2. The molecule has 3 rings (SSSR count). The van der Waals surface area contributed by atoms with E-state index in [1.54, 1.807) is 0 Å². The van der Waals surface area contributed by atoms with Gasteiger partial charge in [0, 0.05) is 25.2 Å². The molecule has 0 atom stereocenters. The van der Waals surface area contributed by atoms with Crippen molar-refractivity contribution in [3.05, 3.63) is 30.1 Å². The average Bonchev–Trinajstić information content (AvgIpc) is 2.62. The summed E-state index contributed by atoms with van der Waals surface area (Å²) in [6, 6.07) is 6.11. The second-order valence-corrected chi connectivity index (χ2v) is 7.12. The van der Waals surface area contributed by atoms with Crippen molar-refractivity contribution in [2.75, 3.05) is 19.6 Å². The highest BCUT2D eigenvalue weighted by molar-refractivity contribution is 5.78. The van der Waals surface area contributed by atoms with Crippen molar-refractivity contribution < 1.29 is 4.79 Å². The Kier molecular flexibility index (Phi) is 6.03. The Morgan fingerprint density at radius 3 is 2.61 bits per heavy atom. The summed E-state index contributed by atoms with van der Waals surface area (Å²) < 4.78 is 0. The predicted molar refractivity (Wildman–Crippen MR) is 91.8 cm³/mol. The lowest BCUT2D eigenvalue weighted by atomic mass is 9.88. The minimum atomic E-state index is 0.285. The van der Waals surface area contributed by atoms with Gasteiger partial charge in [-0.2, -0.15) is 0 Å². The van der Waals surface area contributed by atoms with Gasteiger partial charge in [0.15, 0.2) is 0 Å². The van der Waals surface area contributed by atoms with E-state index in [9.17, 15) is 4.79 Å². The van der Waals surface area contributed by atoms with E-state index in [2.05, 4.69) is 27.3 Å². The number of aromatic nitrogens is 1. The van der Waals surface area contributed by atoms with Gasteiger partial charge in [-0.05, 0) is 56.8 Å². The first-order chi connectivity index (χ1) is 11.3. The molecule has 2 aliphatic rings. The summed E-state index contributed by atoms with van der Waals surface area (Å²) in [7, 11) is 0. The zero-order valence-corrected chi connectivity index (χ0v) is 14.0. The van der Waals surface area contributed by atoms with Crippen LogP contribution in [0.15, 0.2) is 24.4 Å². The summed E-state index contributed by atoms with van der Waals surface area (Å²) in [5.74, 6) is 1.23. The Morgan fingerprint density at radius 2 is 1.91 bits per heavy atom. The lowest BCUT2D eigenvalue weighted by Crippen LogP contribution is -2.40. The van der Waals surface area contributed by atoms with Gasteiger partial charge in [0.05, 0.1) is 5.69 Å². The maximum atomic E-state index is 12.2. The number of hydrogen-bond donors (Lipinski definition) is 1. The van der Waals surface area contributed by atoms with Crippen LogP contribution in [0.3, 0.4) is 0 Å². The lowest BCUT2D eigenvalue weighted by molar-refractivity contribution is -0.126. The predicted octanol–water partition coefficient (Wildman–Crippen LogP) is 2.99. The molecule has 1 saturated carbocycles. The van der Waals surface area contributed by atoms with Gasteiger partial charge in [0.2, 0.25) is 5.91 Å². The molecule has 1 aromatic heterocycles. The Labute approximate surface area is 139 Å². The molecule has 0 radical (unpaired) electrons. The molecule has 0 unspecified atom stereocenters. The van der Waals surface area contributed by atoms with Gasteiger partial charge in [-0.15, -0.1) is 0 Å². The van der Waals surface area contributed by atoms with Crippen molar-refractivity contribution in [2.24, 2.45) is 11.8 Å². The first-order valence-electron chi connectivity index (χ1n) is 9.21. The Morgan fingerprint density at radius 1 is 1.13 bits per heavy atom. The van der Waals surface area contributed by atoms with Crippen LogP contribution in [0.5, 0.6) is 0 Å². The van der Waals surface area contributed by atoms with Crippen LogP contribution in [0.2, 0.25) is 0 Å². The van der Waals surface area contributed by atoms with Crippen LogP contribution in [0, 0.1) is 11.8 Å². The second-order valence-electron chi connectivity index (χ2n) is 7.12. The molecular weight excluding hydrogens is 286 g/mol. The Bertz CT molecular complexity index is 477. The number of pyridine rings is 1. The number of amides is 1. The highest BCUT2D eigenvalue weighted by Crippen LogP contribution is 2.24. The zero-order chi connectivity index (χ0) is 15.9. The van der Waals surface area contributed by atoms with Crippen molar-refractivity contribution in [2.45, 2.75) is 51.5 Å². The standard InChI is InChI=1S/C19H29N3O/c23-19(17-6-2-1-3-7-17)21-14-16-9-12-22(13-10-16)15-18-8-4-5-11-20-18/h4-5,8,11,16-17H,1-3,6-7,9-10,12-15H2,(H,21,23). The summed E-state index contributed by atoms with van der Waals surface area (Å²) in [5, 5.41) is 3.22. The van der Waals surface area contributed by atoms with Gasteiger partial charge < -0.3 is 5.32 Å². The topological polar surface area (TPSA) is 45.2 Å². The third-order valence-corrected chi connectivity index (χ3v) is 5.36. The second kappa shape index (κ2) is 8.44. The van der Waals surface area contributed by atoms with Crippen LogP contribution < -0.4 is 5.32 Å². The molecule has 1 aliphatic heterocycles. The Hall–Kier alpha value is -1.42. The maximum absolute atomic E-state index is 12.2. The summed E-state index contributed by atoms with van der Waals surface area (Å²) >= 11 is 0. The van der Waals surface area contributed by atoms with Gasteiger partial charge in [-0.25, -0.2) is 0 Å². The van der Waals surface area contributed by atoms with Gasteiger partial charge in [0.1, 0.15) is 0 Å². The van der Waals surface area contributed by atoms with E-state index in [1.165, 1.54) is 32.1 Å². The Balaban J connectivity index is 1.35. The van der Waals surface area contributed by atoms with Crippen molar-refractivity contribution in [1.29, 1.82) is 0 Å². The molecule has 2 fully saturated rings. The van der Waals surface area contributed by atoms with Crippen LogP contribution in [-0.4, -0.2) is 35.4 Å². The normalized spacial score (nSPS) is 21.2. The molecule has 4 nitrogen and oxygen atoms in total. The summed E-state index contributed by atoms with van der Waals surface area (Å²) in [5.41, 5.74) is 1.15. The number of hydrogen-bond acceptors (Lipinski definition) is 3. The maximum Gasteiger partial charge on any atom is 0.223 e. The molecular formula is C19H29N3O. The molecule has 23 heavy (non-hydrogen) atoms. The zero-order valence-electron chi connectivity index (χ0n) is 14.0. The van der Waals surface area contributed by atoms with Gasteiger partial charge in [-0.3, -0.25) is 14.7 Å². The molecule has 1 aromatic rings. The third kappa shape index (κ3) is 5.03. The number of carbonyl (C=O) groups excluding carboxylic acids is 1. The molecule has 2 heterocycles. The molecule has 0 aromatic carbocycles. The molecule has 4 heteroatoms. The van der Waals surface area contributed by atoms with E-state index in [-0.39, 0.29) is 5.92 Å². The minimum absolute atomic E-state index is 0.285. The first-order valence-corrected chi connectivity index (χ1v) is 9.21. The van der Waals surface area contributed by atoms with Crippen LogP contribution in [0.4, 0.5) is 0 Å². The minimum Gasteiger partial charge on any atom is -0.356 e. The molecule has 1 aliphatic carbocycles. The van der Waals surface area contributed by atoms with Gasteiger partial charge in [0.25, 0.3) is 0 Å². The van der Waals surface area contributed by atoms with Gasteiger partial charge >= 0.3 is 0 Å². The van der Waals surface area contributed by atoms with E-state index in [4.69, 9.17) is 0 Å². The van der Waals surface area contributed by atoms with E-state index < -0.39 is 0 Å². The molecule has 0 bridgehead atoms. The van der Waals surface area contributed by atoms with Crippen molar-refractivity contribution in [3.63, 3.8) is 0 Å². The number of carbonyl (C=O) groups is 1. The molecule has 0 spiro atoms. The molecule has 126 valence electrons. The summed E-state index contributed by atoms with van der Waals surface area (Å²) in [6.07, 6.45) is 10.2. The smallest absolute Gasteiger partial charge is 0.223 e.